The van der Waals surface area contributed by atoms with Gasteiger partial charge in [-0.05, 0) is 47.4 Å². The summed E-state index contributed by atoms with van der Waals surface area (Å²) in [6.07, 6.45) is 4.01. The third-order valence-corrected chi connectivity index (χ3v) is 7.91. The van der Waals surface area contributed by atoms with Crippen molar-refractivity contribution in [1.82, 2.24) is 9.88 Å². The minimum absolute atomic E-state index is 0.0571. The first-order valence-electron chi connectivity index (χ1n) is 13.6. The third kappa shape index (κ3) is 7.18. The van der Waals surface area contributed by atoms with E-state index >= 15 is 0 Å². The number of nitro groups is 1. The zero-order valence-electron chi connectivity index (χ0n) is 23.5. The van der Waals surface area contributed by atoms with Gasteiger partial charge < -0.3 is 9.47 Å². The van der Waals surface area contributed by atoms with E-state index in [2.05, 4.69) is 25.8 Å². The molecular weight excluding hydrogens is 590 g/mol. The zero-order valence-corrected chi connectivity index (χ0v) is 25.1. The number of aromatic nitrogens is 1. The Morgan fingerprint density at radius 1 is 1.02 bits per heavy atom. The highest BCUT2D eigenvalue weighted by Crippen LogP contribution is 2.45. The summed E-state index contributed by atoms with van der Waals surface area (Å²) in [6.45, 7) is 7.84. The number of carbonyl (C=O) groups is 2. The number of hydrogen-bond donors (Lipinski definition) is 0. The number of piperidine rings is 1. The van der Waals surface area contributed by atoms with Crippen LogP contribution in [0.15, 0.2) is 71.5 Å². The molecule has 9 nitrogen and oxygen atoms in total. The Bertz CT molecular complexity index is 1400. The van der Waals surface area contributed by atoms with Gasteiger partial charge in [-0.25, -0.2) is 0 Å². The van der Waals surface area contributed by atoms with Crippen molar-refractivity contribution in [3.63, 3.8) is 0 Å². The summed E-state index contributed by atoms with van der Waals surface area (Å²) in [4.78, 5) is 44.0. The van der Waals surface area contributed by atoms with Gasteiger partial charge in [-0.15, -0.1) is 0 Å². The number of hydrogen-bond acceptors (Lipinski definition) is 8. The van der Waals surface area contributed by atoms with Crippen LogP contribution in [-0.2, 0) is 16.1 Å². The van der Waals surface area contributed by atoms with Gasteiger partial charge in [0.1, 0.15) is 6.04 Å². The highest BCUT2D eigenvalue weighted by molar-refractivity contribution is 9.10. The van der Waals surface area contributed by atoms with Gasteiger partial charge in [-0.2, -0.15) is 0 Å². The van der Waals surface area contributed by atoms with Crippen LogP contribution in [0.3, 0.4) is 0 Å². The van der Waals surface area contributed by atoms with E-state index in [0.717, 1.165) is 15.6 Å². The molecule has 0 spiro atoms. The molecule has 1 aliphatic heterocycles. The van der Waals surface area contributed by atoms with Gasteiger partial charge in [0.05, 0.1) is 17.8 Å². The Balaban J connectivity index is 1.83. The molecule has 0 unspecified atom stereocenters. The summed E-state index contributed by atoms with van der Waals surface area (Å²) in [5.74, 6) is -2.05. The molecule has 1 fully saturated rings. The summed E-state index contributed by atoms with van der Waals surface area (Å²) in [6, 6.07) is 14.5. The van der Waals surface area contributed by atoms with E-state index in [9.17, 15) is 19.7 Å². The average molecular weight is 625 g/mol. The number of halogens is 1. The average Bonchev–Trinajstić information content (AvgIpc) is 2.94. The zero-order chi connectivity index (χ0) is 29.7. The topological polar surface area (TPSA) is 112 Å². The molecule has 0 saturated carbocycles. The second-order valence-corrected chi connectivity index (χ2v) is 11.7. The van der Waals surface area contributed by atoms with Crippen LogP contribution in [0.5, 0.6) is 11.5 Å². The van der Waals surface area contributed by atoms with E-state index in [1.54, 1.807) is 58.3 Å². The summed E-state index contributed by atoms with van der Waals surface area (Å²) in [7, 11) is 0. The lowest BCUT2D eigenvalue weighted by Crippen LogP contribution is -2.48. The normalized spacial score (nSPS) is 19.2. The Hall–Kier alpha value is -3.63. The van der Waals surface area contributed by atoms with E-state index in [0.29, 0.717) is 25.1 Å². The third-order valence-electron chi connectivity index (χ3n) is 7.19. The molecule has 216 valence electrons. The lowest BCUT2D eigenvalue weighted by atomic mass is 9.78. The fraction of sp³-hybridized carbons (Fsp3) is 0.387. The van der Waals surface area contributed by atoms with E-state index < -0.39 is 35.9 Å². The molecule has 0 bridgehead atoms. The van der Waals surface area contributed by atoms with Gasteiger partial charge in [0, 0.05) is 34.9 Å². The van der Waals surface area contributed by atoms with Crippen LogP contribution in [0.1, 0.15) is 62.8 Å². The van der Waals surface area contributed by atoms with Crippen molar-refractivity contribution in [2.75, 3.05) is 6.54 Å². The minimum Gasteiger partial charge on any atom is -0.422 e. The number of ether oxygens (including phenoxy) is 2. The predicted octanol–water partition coefficient (Wildman–Crippen LogP) is 6.34. The fourth-order valence-electron chi connectivity index (χ4n) is 5.07. The van der Waals surface area contributed by atoms with Crippen LogP contribution in [0.2, 0.25) is 0 Å². The standard InChI is InChI=1S/C31H34BrN3O6/c1-19(2)30(36)40-26-12-11-22(16-27(26)41-31(37)20(3)4)28-29(35(38)39)24(23-9-5-6-10-25(23)32)13-15-34(28)18-21-8-7-14-33-17-21/h5-12,14,16-17,19-20,24,28-29H,13,15,18H2,1-4H3/t24-,28+,29-/m0/s1. The maximum atomic E-state index is 12.9. The van der Waals surface area contributed by atoms with Gasteiger partial charge in [-0.1, -0.05) is 74.0 Å². The number of nitrogens with zero attached hydrogens (tertiary/aromatic N) is 3. The molecule has 1 saturated heterocycles. The number of likely N-dealkylation sites (tertiary alicyclic amines) is 1. The molecule has 0 amide bonds. The monoisotopic (exact) mass is 623 g/mol. The molecule has 2 heterocycles. The molecule has 3 atom stereocenters. The maximum absolute atomic E-state index is 12.9. The molecule has 1 aromatic heterocycles. The number of esters is 2. The Labute approximate surface area is 248 Å². The van der Waals surface area contributed by atoms with Gasteiger partial charge in [-0.3, -0.25) is 29.6 Å². The Kier molecular flexibility index (Phi) is 9.88. The van der Waals surface area contributed by atoms with Crippen molar-refractivity contribution in [3.05, 3.63) is 98.3 Å². The Morgan fingerprint density at radius 2 is 1.71 bits per heavy atom. The first-order valence-corrected chi connectivity index (χ1v) is 14.4. The quantitative estimate of drug-likeness (QED) is 0.117. The molecule has 1 aliphatic rings. The van der Waals surface area contributed by atoms with Crippen molar-refractivity contribution < 1.29 is 24.0 Å². The molecule has 0 radical (unpaired) electrons. The molecule has 0 aliphatic carbocycles. The highest BCUT2D eigenvalue weighted by Gasteiger charge is 2.48. The van der Waals surface area contributed by atoms with Crippen LogP contribution < -0.4 is 9.47 Å². The number of rotatable bonds is 9. The van der Waals surface area contributed by atoms with Crippen molar-refractivity contribution in [2.24, 2.45) is 11.8 Å². The minimum atomic E-state index is -1.02. The number of carbonyl (C=O) groups excluding carboxylic acids is 2. The number of benzene rings is 2. The first kappa shape index (κ1) is 30.3. The van der Waals surface area contributed by atoms with Crippen LogP contribution >= 0.6 is 15.9 Å². The van der Waals surface area contributed by atoms with Crippen molar-refractivity contribution >= 4 is 27.9 Å². The van der Waals surface area contributed by atoms with E-state index in [4.69, 9.17) is 9.47 Å². The molecule has 10 heteroatoms. The van der Waals surface area contributed by atoms with Gasteiger partial charge in [0.15, 0.2) is 11.5 Å². The fourth-order valence-corrected chi connectivity index (χ4v) is 5.64. The first-order chi connectivity index (χ1) is 19.6. The van der Waals surface area contributed by atoms with E-state index in [1.165, 1.54) is 0 Å². The molecular formula is C31H34BrN3O6. The van der Waals surface area contributed by atoms with Gasteiger partial charge in [0.2, 0.25) is 6.04 Å². The lowest BCUT2D eigenvalue weighted by Gasteiger charge is -2.41. The predicted molar refractivity (Wildman–Crippen MR) is 157 cm³/mol. The van der Waals surface area contributed by atoms with Crippen molar-refractivity contribution in [1.29, 1.82) is 0 Å². The van der Waals surface area contributed by atoms with Crippen molar-refractivity contribution in [2.45, 2.75) is 58.7 Å². The highest BCUT2D eigenvalue weighted by atomic mass is 79.9. The number of pyridine rings is 1. The largest absolute Gasteiger partial charge is 0.422 e. The van der Waals surface area contributed by atoms with Crippen LogP contribution in [0.25, 0.3) is 0 Å². The van der Waals surface area contributed by atoms with Crippen LogP contribution in [-0.4, -0.2) is 39.3 Å². The van der Waals surface area contributed by atoms with Gasteiger partial charge >= 0.3 is 11.9 Å². The Morgan fingerprint density at radius 3 is 2.32 bits per heavy atom. The molecule has 2 aromatic carbocycles. The molecule has 0 N–H and O–H groups in total. The summed E-state index contributed by atoms with van der Waals surface area (Å²) < 4.78 is 12.0. The summed E-state index contributed by atoms with van der Waals surface area (Å²) >= 11 is 3.60. The lowest BCUT2D eigenvalue weighted by molar-refractivity contribution is -0.540. The van der Waals surface area contributed by atoms with E-state index in [-0.39, 0.29) is 22.3 Å². The van der Waals surface area contributed by atoms with Crippen LogP contribution in [0, 0.1) is 22.0 Å². The second kappa shape index (κ2) is 13.4. The van der Waals surface area contributed by atoms with Crippen LogP contribution in [0.4, 0.5) is 0 Å². The summed E-state index contributed by atoms with van der Waals surface area (Å²) in [5.41, 5.74) is 2.38. The smallest absolute Gasteiger partial charge is 0.313 e. The summed E-state index contributed by atoms with van der Waals surface area (Å²) in [5, 5.41) is 12.9. The SMILES string of the molecule is CC(C)C(=O)Oc1ccc([C@@H]2[C@@H]([N+](=O)[O-])[C@H](c3ccccc3Br)CCN2Cc2cccnc2)cc1OC(=O)C(C)C. The maximum Gasteiger partial charge on any atom is 0.313 e. The molecule has 41 heavy (non-hydrogen) atoms. The van der Waals surface area contributed by atoms with Gasteiger partial charge in [0.25, 0.3) is 0 Å². The molecule has 3 aromatic rings. The van der Waals surface area contributed by atoms with Crippen molar-refractivity contribution in [3.8, 4) is 11.5 Å². The molecule has 4 rings (SSSR count). The van der Waals surface area contributed by atoms with E-state index in [1.807, 2.05) is 36.4 Å². The second-order valence-electron chi connectivity index (χ2n) is 10.8.